The van der Waals surface area contributed by atoms with Crippen molar-refractivity contribution in [1.29, 1.82) is 0 Å². The molecule has 0 heterocycles. The zero-order valence-corrected chi connectivity index (χ0v) is 14.0. The minimum absolute atomic E-state index is 0.161. The number of amides is 1. The molecule has 1 N–H and O–H groups in total. The summed E-state index contributed by atoms with van der Waals surface area (Å²) in [5.41, 5.74) is 1.20. The van der Waals surface area contributed by atoms with Crippen molar-refractivity contribution < 1.29 is 4.79 Å². The van der Waals surface area contributed by atoms with Crippen LogP contribution >= 0.6 is 11.6 Å². The van der Waals surface area contributed by atoms with Crippen LogP contribution in [0.5, 0.6) is 0 Å². The molecule has 22 heavy (non-hydrogen) atoms. The van der Waals surface area contributed by atoms with E-state index in [4.69, 9.17) is 11.6 Å². The number of halogens is 1. The largest absolute Gasteiger partial charge is 0.355 e. The summed E-state index contributed by atoms with van der Waals surface area (Å²) in [6, 6.07) is 9.03. The molecule has 4 heteroatoms. The summed E-state index contributed by atoms with van der Waals surface area (Å²) in [6.07, 6.45) is 6.04. The molecule has 3 nitrogen and oxygen atoms in total. The minimum Gasteiger partial charge on any atom is -0.355 e. The lowest BCUT2D eigenvalue weighted by molar-refractivity contribution is -0.123. The highest BCUT2D eigenvalue weighted by Crippen LogP contribution is 2.39. The fraction of sp³-hybridized carbons (Fsp3) is 0.611. The van der Waals surface area contributed by atoms with Gasteiger partial charge in [-0.25, -0.2) is 0 Å². The minimum atomic E-state index is 0.161. The SMILES string of the molecule is CC(C1CC1)N(CC(=O)NCCc1ccc(Cl)cc1)C1CC1. The second kappa shape index (κ2) is 7.01. The van der Waals surface area contributed by atoms with Crippen molar-refractivity contribution in [3.05, 3.63) is 34.9 Å². The third-order valence-electron chi connectivity index (χ3n) is 4.82. The van der Waals surface area contributed by atoms with Gasteiger partial charge in [0.25, 0.3) is 0 Å². The first kappa shape index (κ1) is 15.8. The smallest absolute Gasteiger partial charge is 0.234 e. The maximum Gasteiger partial charge on any atom is 0.234 e. The summed E-state index contributed by atoms with van der Waals surface area (Å²) in [5.74, 6) is 0.982. The normalized spacial score (nSPS) is 19.2. The molecular formula is C18H25ClN2O. The molecule has 0 spiro atoms. The number of hydrogen-bond donors (Lipinski definition) is 1. The molecule has 0 bridgehead atoms. The lowest BCUT2D eigenvalue weighted by Gasteiger charge is -2.28. The Morgan fingerprint density at radius 1 is 1.27 bits per heavy atom. The van der Waals surface area contributed by atoms with Crippen LogP contribution in [0.15, 0.2) is 24.3 Å². The van der Waals surface area contributed by atoms with Gasteiger partial charge in [0.15, 0.2) is 0 Å². The standard InChI is InChI=1S/C18H25ClN2O/c1-13(15-4-5-15)21(17-8-9-17)12-18(22)20-11-10-14-2-6-16(19)7-3-14/h2-3,6-7,13,15,17H,4-5,8-12H2,1H3,(H,20,22). The van der Waals surface area contributed by atoms with Crippen molar-refractivity contribution in [2.24, 2.45) is 5.92 Å². The molecule has 2 saturated carbocycles. The van der Waals surface area contributed by atoms with Crippen molar-refractivity contribution >= 4 is 17.5 Å². The predicted octanol–water partition coefficient (Wildman–Crippen LogP) is 3.26. The number of carbonyl (C=O) groups is 1. The topological polar surface area (TPSA) is 32.3 Å². The first-order valence-electron chi connectivity index (χ1n) is 8.40. The summed E-state index contributed by atoms with van der Waals surface area (Å²) < 4.78 is 0. The van der Waals surface area contributed by atoms with Crippen LogP contribution < -0.4 is 5.32 Å². The Morgan fingerprint density at radius 3 is 2.55 bits per heavy atom. The van der Waals surface area contributed by atoms with E-state index in [2.05, 4.69) is 17.1 Å². The molecule has 1 unspecified atom stereocenters. The average Bonchev–Trinajstić information content (AvgIpc) is 3.39. The van der Waals surface area contributed by atoms with Crippen molar-refractivity contribution in [1.82, 2.24) is 10.2 Å². The average molecular weight is 321 g/mol. The molecule has 120 valence electrons. The Hall–Kier alpha value is -1.06. The molecule has 2 fully saturated rings. The second-order valence-electron chi connectivity index (χ2n) is 6.71. The molecule has 1 atom stereocenters. The summed E-state index contributed by atoms with van der Waals surface area (Å²) in [4.78, 5) is 14.6. The van der Waals surface area contributed by atoms with Gasteiger partial charge in [0.2, 0.25) is 5.91 Å². The third-order valence-corrected chi connectivity index (χ3v) is 5.07. The Kier molecular flexibility index (Phi) is 5.04. The molecule has 2 aliphatic rings. The quantitative estimate of drug-likeness (QED) is 0.797. The second-order valence-corrected chi connectivity index (χ2v) is 7.14. The number of benzene rings is 1. The molecule has 1 aromatic carbocycles. The molecular weight excluding hydrogens is 296 g/mol. The van der Waals surface area contributed by atoms with E-state index in [1.165, 1.54) is 31.2 Å². The van der Waals surface area contributed by atoms with E-state index < -0.39 is 0 Å². The van der Waals surface area contributed by atoms with Crippen LogP contribution in [-0.4, -0.2) is 36.0 Å². The van der Waals surface area contributed by atoms with Gasteiger partial charge in [-0.1, -0.05) is 23.7 Å². The Morgan fingerprint density at radius 2 is 1.95 bits per heavy atom. The first-order chi connectivity index (χ1) is 10.6. The van der Waals surface area contributed by atoms with E-state index in [1.807, 2.05) is 24.3 Å². The maximum atomic E-state index is 12.2. The summed E-state index contributed by atoms with van der Waals surface area (Å²) in [7, 11) is 0. The van der Waals surface area contributed by atoms with E-state index in [9.17, 15) is 4.79 Å². The summed E-state index contributed by atoms with van der Waals surface area (Å²) in [5, 5.41) is 3.81. The van der Waals surface area contributed by atoms with Gasteiger partial charge in [0.05, 0.1) is 6.54 Å². The Labute approximate surface area is 138 Å². The maximum absolute atomic E-state index is 12.2. The van der Waals surface area contributed by atoms with Crippen LogP contribution in [0.1, 0.15) is 38.2 Å². The van der Waals surface area contributed by atoms with E-state index in [0.29, 0.717) is 25.2 Å². The van der Waals surface area contributed by atoms with Crippen molar-refractivity contribution in [2.45, 2.75) is 51.1 Å². The molecule has 0 aliphatic heterocycles. The predicted molar refractivity (Wildman–Crippen MR) is 90.1 cm³/mol. The molecule has 1 amide bonds. The van der Waals surface area contributed by atoms with Crippen LogP contribution in [0.4, 0.5) is 0 Å². The highest BCUT2D eigenvalue weighted by molar-refractivity contribution is 6.30. The van der Waals surface area contributed by atoms with Gasteiger partial charge in [0, 0.05) is 23.7 Å². The van der Waals surface area contributed by atoms with Crippen LogP contribution in [0.3, 0.4) is 0 Å². The fourth-order valence-electron chi connectivity index (χ4n) is 3.08. The van der Waals surface area contributed by atoms with Crippen LogP contribution in [-0.2, 0) is 11.2 Å². The number of rotatable bonds is 8. The molecule has 2 aliphatic carbocycles. The molecule has 3 rings (SSSR count). The highest BCUT2D eigenvalue weighted by atomic mass is 35.5. The third kappa shape index (κ3) is 4.47. The number of nitrogens with zero attached hydrogens (tertiary/aromatic N) is 1. The van der Waals surface area contributed by atoms with Gasteiger partial charge in [-0.3, -0.25) is 9.69 Å². The van der Waals surface area contributed by atoms with Gasteiger partial charge in [0.1, 0.15) is 0 Å². The Bertz CT molecular complexity index is 508. The van der Waals surface area contributed by atoms with Gasteiger partial charge < -0.3 is 5.32 Å². The van der Waals surface area contributed by atoms with Crippen molar-refractivity contribution in [3.63, 3.8) is 0 Å². The van der Waals surface area contributed by atoms with Gasteiger partial charge in [-0.05, 0) is 62.6 Å². The fourth-order valence-corrected chi connectivity index (χ4v) is 3.21. The van der Waals surface area contributed by atoms with Gasteiger partial charge in [-0.2, -0.15) is 0 Å². The molecule has 0 aromatic heterocycles. The van der Waals surface area contributed by atoms with E-state index in [-0.39, 0.29) is 5.91 Å². The van der Waals surface area contributed by atoms with E-state index in [0.717, 1.165) is 17.4 Å². The van der Waals surface area contributed by atoms with Crippen LogP contribution in [0.2, 0.25) is 5.02 Å². The molecule has 0 radical (unpaired) electrons. The van der Waals surface area contributed by atoms with Crippen molar-refractivity contribution in [3.8, 4) is 0 Å². The number of hydrogen-bond acceptors (Lipinski definition) is 2. The number of carbonyl (C=O) groups excluding carboxylic acids is 1. The van der Waals surface area contributed by atoms with Gasteiger partial charge in [-0.15, -0.1) is 0 Å². The lowest BCUT2D eigenvalue weighted by atomic mass is 10.1. The zero-order chi connectivity index (χ0) is 15.5. The van der Waals surface area contributed by atoms with Gasteiger partial charge >= 0.3 is 0 Å². The first-order valence-corrected chi connectivity index (χ1v) is 8.78. The molecule has 0 saturated heterocycles. The highest BCUT2D eigenvalue weighted by Gasteiger charge is 2.39. The van der Waals surface area contributed by atoms with E-state index >= 15 is 0 Å². The van der Waals surface area contributed by atoms with Crippen LogP contribution in [0, 0.1) is 5.92 Å². The lowest BCUT2D eigenvalue weighted by Crippen LogP contribution is -2.44. The molecule has 1 aromatic rings. The Balaban J connectivity index is 1.42. The van der Waals surface area contributed by atoms with E-state index in [1.54, 1.807) is 0 Å². The zero-order valence-electron chi connectivity index (χ0n) is 13.2. The summed E-state index contributed by atoms with van der Waals surface area (Å²) in [6.45, 7) is 3.54. The number of nitrogens with one attached hydrogen (secondary N) is 1. The van der Waals surface area contributed by atoms with Crippen LogP contribution in [0.25, 0.3) is 0 Å². The monoisotopic (exact) mass is 320 g/mol. The van der Waals surface area contributed by atoms with Crippen molar-refractivity contribution in [2.75, 3.05) is 13.1 Å². The summed E-state index contributed by atoms with van der Waals surface area (Å²) >= 11 is 5.87.